The fourth-order valence-electron chi connectivity index (χ4n) is 3.33. The van der Waals surface area contributed by atoms with Crippen LogP contribution in [0.2, 0.25) is 0 Å². The van der Waals surface area contributed by atoms with Crippen LogP contribution < -0.4 is 0 Å². The number of pyridine rings is 1. The monoisotopic (exact) mass is 344 g/mol. The lowest BCUT2D eigenvalue weighted by molar-refractivity contribution is -0.136. The molecule has 1 aliphatic rings. The minimum atomic E-state index is -1.01. The molecule has 1 amide bonds. The highest BCUT2D eigenvalue weighted by Gasteiger charge is 2.43. The summed E-state index contributed by atoms with van der Waals surface area (Å²) in [6.07, 6.45) is -0.286. The molecule has 6 heteroatoms. The average Bonchev–Trinajstić information content (AvgIpc) is 2.86. The lowest BCUT2D eigenvalue weighted by atomic mass is 9.83. The molecular formula is C19H18F2N2O2. The Morgan fingerprint density at radius 3 is 2.72 bits per heavy atom. The summed E-state index contributed by atoms with van der Waals surface area (Å²) in [5.41, 5.74) is 1.95. The van der Waals surface area contributed by atoms with E-state index in [-0.39, 0.29) is 29.6 Å². The highest BCUT2D eigenvalue weighted by Crippen LogP contribution is 2.34. The van der Waals surface area contributed by atoms with E-state index in [1.165, 1.54) is 11.0 Å². The number of carbonyl (C=O) groups excluding carboxylic acids is 2. The maximum Gasteiger partial charge on any atom is 0.233 e. The molecule has 0 spiro atoms. The molecule has 1 saturated heterocycles. The highest BCUT2D eigenvalue weighted by molar-refractivity contribution is 6.04. The third-order valence-corrected chi connectivity index (χ3v) is 4.59. The molecule has 2 aromatic rings. The summed E-state index contributed by atoms with van der Waals surface area (Å²) in [5.74, 6) is -3.75. The quantitative estimate of drug-likeness (QED) is 0.633. The highest BCUT2D eigenvalue weighted by atomic mass is 19.1. The van der Waals surface area contributed by atoms with Crippen molar-refractivity contribution in [2.24, 2.45) is 5.92 Å². The number of aromatic nitrogens is 1. The van der Waals surface area contributed by atoms with Crippen molar-refractivity contribution < 1.29 is 18.4 Å². The molecule has 0 aliphatic carbocycles. The topological polar surface area (TPSA) is 50.3 Å². The number of carbonyl (C=O) groups is 2. The van der Waals surface area contributed by atoms with Gasteiger partial charge in [-0.05, 0) is 24.6 Å². The Kier molecular flexibility index (Phi) is 4.61. The van der Waals surface area contributed by atoms with E-state index < -0.39 is 17.8 Å². The molecule has 0 N–H and O–H groups in total. The number of hydrogen-bond acceptors (Lipinski definition) is 3. The Morgan fingerprint density at radius 1 is 1.28 bits per heavy atom. The van der Waals surface area contributed by atoms with E-state index in [4.69, 9.17) is 0 Å². The predicted octanol–water partition coefficient (Wildman–Crippen LogP) is 2.65. The van der Waals surface area contributed by atoms with Crippen molar-refractivity contribution in [3.05, 3.63) is 65.0 Å². The van der Waals surface area contributed by atoms with Gasteiger partial charge >= 0.3 is 0 Å². The molecule has 3 rings (SSSR count). The molecule has 130 valence electrons. The van der Waals surface area contributed by atoms with Crippen LogP contribution in [0.1, 0.15) is 22.6 Å². The molecule has 2 atom stereocenters. The number of amides is 1. The Hall–Kier alpha value is -2.63. The van der Waals surface area contributed by atoms with E-state index in [9.17, 15) is 18.4 Å². The molecule has 1 aliphatic heterocycles. The van der Waals surface area contributed by atoms with Crippen LogP contribution in [0.3, 0.4) is 0 Å². The number of hydrogen-bond donors (Lipinski definition) is 0. The molecule has 1 aromatic heterocycles. The molecule has 0 saturated carbocycles. The Bertz CT molecular complexity index is 838. The van der Waals surface area contributed by atoms with Crippen LogP contribution in [0, 0.1) is 24.7 Å². The van der Waals surface area contributed by atoms with Crippen molar-refractivity contribution in [2.75, 3.05) is 13.6 Å². The number of likely N-dealkylation sites (N-methyl/N-ethyl adjacent to an activating group) is 1. The minimum absolute atomic E-state index is 0.00301. The minimum Gasteiger partial charge on any atom is -0.344 e. The molecule has 0 bridgehead atoms. The second kappa shape index (κ2) is 6.70. The SMILES string of the molecule is Cc1cccc([C@H]2CN(C)C(=O)[C@@H]2C(=O)Cc2ccc(F)nc2F)c1. The average molecular weight is 344 g/mol. The van der Waals surface area contributed by atoms with E-state index >= 15 is 0 Å². The third-order valence-electron chi connectivity index (χ3n) is 4.59. The number of likely N-dealkylation sites (tertiary alicyclic amines) is 1. The maximum absolute atomic E-state index is 13.7. The summed E-state index contributed by atoms with van der Waals surface area (Å²) >= 11 is 0. The molecule has 1 fully saturated rings. The molecule has 25 heavy (non-hydrogen) atoms. The van der Waals surface area contributed by atoms with E-state index in [1.54, 1.807) is 7.05 Å². The summed E-state index contributed by atoms with van der Waals surface area (Å²) in [6.45, 7) is 2.38. The van der Waals surface area contributed by atoms with Gasteiger partial charge in [0.1, 0.15) is 5.92 Å². The summed E-state index contributed by atoms with van der Waals surface area (Å²) < 4.78 is 26.7. The number of benzene rings is 1. The van der Waals surface area contributed by atoms with Gasteiger partial charge in [0, 0.05) is 31.5 Å². The second-order valence-electron chi connectivity index (χ2n) is 6.44. The van der Waals surface area contributed by atoms with Crippen LogP contribution in [0.4, 0.5) is 8.78 Å². The van der Waals surface area contributed by atoms with Gasteiger partial charge in [0.15, 0.2) is 5.78 Å². The van der Waals surface area contributed by atoms with Gasteiger partial charge in [-0.15, -0.1) is 0 Å². The van der Waals surface area contributed by atoms with Crippen molar-refractivity contribution in [1.29, 1.82) is 0 Å². The van der Waals surface area contributed by atoms with Crippen LogP contribution in [-0.2, 0) is 16.0 Å². The van der Waals surface area contributed by atoms with Gasteiger partial charge in [-0.1, -0.05) is 29.8 Å². The lowest BCUT2D eigenvalue weighted by Gasteiger charge is -2.17. The van der Waals surface area contributed by atoms with Gasteiger partial charge in [-0.3, -0.25) is 9.59 Å². The molecule has 2 heterocycles. The lowest BCUT2D eigenvalue weighted by Crippen LogP contribution is -2.29. The zero-order valence-electron chi connectivity index (χ0n) is 14.0. The second-order valence-corrected chi connectivity index (χ2v) is 6.44. The van der Waals surface area contributed by atoms with Crippen molar-refractivity contribution in [2.45, 2.75) is 19.3 Å². The van der Waals surface area contributed by atoms with E-state index in [0.29, 0.717) is 6.54 Å². The summed E-state index contributed by atoms with van der Waals surface area (Å²) in [4.78, 5) is 29.8. The van der Waals surface area contributed by atoms with Crippen LogP contribution >= 0.6 is 0 Å². The van der Waals surface area contributed by atoms with Crippen molar-refractivity contribution in [3.63, 3.8) is 0 Å². The van der Waals surface area contributed by atoms with Crippen molar-refractivity contribution in [3.8, 4) is 0 Å². The third kappa shape index (κ3) is 3.43. The predicted molar refractivity (Wildman–Crippen MR) is 87.9 cm³/mol. The number of aryl methyl sites for hydroxylation is 1. The van der Waals surface area contributed by atoms with Gasteiger partial charge in [0.25, 0.3) is 0 Å². The largest absolute Gasteiger partial charge is 0.344 e. The standard InChI is InChI=1S/C19H18F2N2O2/c1-11-4-3-5-12(8-11)14-10-23(2)19(25)17(14)15(24)9-13-6-7-16(20)22-18(13)21/h3-8,14,17H,9-10H2,1-2H3/t14-,17+/m1/s1. The number of halogens is 2. The molecule has 4 nitrogen and oxygen atoms in total. The molecular weight excluding hydrogens is 326 g/mol. The zero-order valence-corrected chi connectivity index (χ0v) is 14.0. The number of nitrogens with zero attached hydrogens (tertiary/aromatic N) is 2. The van der Waals surface area contributed by atoms with Crippen molar-refractivity contribution >= 4 is 11.7 Å². The normalized spacial score (nSPS) is 20.2. The fraction of sp³-hybridized carbons (Fsp3) is 0.316. The van der Waals surface area contributed by atoms with Crippen LogP contribution in [0.15, 0.2) is 36.4 Å². The summed E-state index contributed by atoms with van der Waals surface area (Å²) in [5, 5.41) is 0. The Morgan fingerprint density at radius 2 is 2.04 bits per heavy atom. The first-order valence-corrected chi connectivity index (χ1v) is 8.02. The van der Waals surface area contributed by atoms with Gasteiger partial charge in [0.05, 0.1) is 0 Å². The number of rotatable bonds is 4. The summed E-state index contributed by atoms with van der Waals surface area (Å²) in [7, 11) is 1.65. The molecule has 0 unspecified atom stereocenters. The van der Waals surface area contributed by atoms with Gasteiger partial charge in [-0.2, -0.15) is 13.8 Å². The zero-order chi connectivity index (χ0) is 18.1. The van der Waals surface area contributed by atoms with Crippen LogP contribution in [0.5, 0.6) is 0 Å². The smallest absolute Gasteiger partial charge is 0.233 e. The van der Waals surface area contributed by atoms with E-state index in [0.717, 1.165) is 17.2 Å². The Balaban J connectivity index is 1.89. The first kappa shape index (κ1) is 17.2. The van der Waals surface area contributed by atoms with E-state index in [1.807, 2.05) is 31.2 Å². The van der Waals surface area contributed by atoms with E-state index in [2.05, 4.69) is 4.98 Å². The van der Waals surface area contributed by atoms with Gasteiger partial charge < -0.3 is 4.90 Å². The van der Waals surface area contributed by atoms with Crippen LogP contribution in [0.25, 0.3) is 0 Å². The first-order chi connectivity index (χ1) is 11.9. The number of ketones is 1. The first-order valence-electron chi connectivity index (χ1n) is 8.02. The Labute approximate surface area is 144 Å². The van der Waals surface area contributed by atoms with Gasteiger partial charge in [0.2, 0.25) is 17.8 Å². The summed E-state index contributed by atoms with van der Waals surface area (Å²) in [6, 6.07) is 9.88. The molecule has 1 aromatic carbocycles. The van der Waals surface area contributed by atoms with Gasteiger partial charge in [-0.25, -0.2) is 0 Å². The fourth-order valence-corrected chi connectivity index (χ4v) is 3.33. The maximum atomic E-state index is 13.7. The van der Waals surface area contributed by atoms with Crippen LogP contribution in [-0.4, -0.2) is 35.2 Å². The van der Waals surface area contributed by atoms with Crippen molar-refractivity contribution in [1.82, 2.24) is 9.88 Å². The number of Topliss-reactive ketones (excluding diaryl/α,β-unsaturated/α-hetero) is 1. The molecule has 0 radical (unpaired) electrons.